The van der Waals surface area contributed by atoms with Gasteiger partial charge in [-0.15, -0.1) is 0 Å². The molecule has 1 aromatic carbocycles. The molecule has 1 N–H and O–H groups in total. The Morgan fingerprint density at radius 1 is 1.06 bits per heavy atom. The smallest absolute Gasteiger partial charge is 0.118 e. The van der Waals surface area contributed by atoms with Crippen molar-refractivity contribution in [2.45, 2.75) is 58.8 Å². The normalized spacial score (nSPS) is 10.8. The summed E-state index contributed by atoms with van der Waals surface area (Å²) in [5, 5.41) is 10.4. The molecule has 0 saturated carbocycles. The molecule has 0 spiro atoms. The lowest BCUT2D eigenvalue weighted by molar-refractivity contribution is 0.470. The lowest BCUT2D eigenvalue weighted by atomic mass is 10.0. The molecule has 1 nitrogen and oxygen atoms in total. The zero-order valence-corrected chi connectivity index (χ0v) is 11.7. The van der Waals surface area contributed by atoms with Gasteiger partial charge in [0.05, 0.1) is 0 Å². The number of hydrogen-bond acceptors (Lipinski definition) is 1. The summed E-state index contributed by atoms with van der Waals surface area (Å²) < 4.78 is 0. The molecule has 0 saturated heterocycles. The minimum atomic E-state index is 0.357. The van der Waals surface area contributed by atoms with Crippen LogP contribution in [0.5, 0.6) is 5.75 Å². The van der Waals surface area contributed by atoms with E-state index in [4.69, 9.17) is 11.6 Å². The van der Waals surface area contributed by atoms with Crippen LogP contribution in [0.2, 0.25) is 5.02 Å². The van der Waals surface area contributed by atoms with Crippen LogP contribution in [0.15, 0.2) is 12.1 Å². The molecule has 0 heterocycles. The fraction of sp³-hybridized carbons (Fsp3) is 0.600. The topological polar surface area (TPSA) is 20.2 Å². The number of rotatable bonds is 7. The first-order chi connectivity index (χ1) is 8.16. The monoisotopic (exact) mass is 254 g/mol. The largest absolute Gasteiger partial charge is 0.508 e. The molecule has 0 atom stereocenters. The SMILES string of the molecule is CCCCCCCCc1c(Cl)ccc(O)c1C. The van der Waals surface area contributed by atoms with Gasteiger partial charge >= 0.3 is 0 Å². The van der Waals surface area contributed by atoms with E-state index in [1.54, 1.807) is 12.1 Å². The number of unbranched alkanes of at least 4 members (excludes halogenated alkanes) is 5. The number of phenolic OH excluding ortho intramolecular Hbond substituents is 1. The van der Waals surface area contributed by atoms with E-state index in [1.807, 2.05) is 6.92 Å². The molecule has 0 aliphatic rings. The molecule has 0 aromatic heterocycles. The van der Waals surface area contributed by atoms with Gasteiger partial charge in [0.1, 0.15) is 5.75 Å². The molecule has 0 amide bonds. The first-order valence-corrected chi connectivity index (χ1v) is 7.01. The van der Waals surface area contributed by atoms with Crippen molar-refractivity contribution in [2.24, 2.45) is 0 Å². The Kier molecular flexibility index (Phi) is 6.43. The minimum absolute atomic E-state index is 0.357. The van der Waals surface area contributed by atoms with Gasteiger partial charge in [0.15, 0.2) is 0 Å². The highest BCUT2D eigenvalue weighted by Gasteiger charge is 2.07. The van der Waals surface area contributed by atoms with Crippen molar-refractivity contribution >= 4 is 11.6 Å². The molecule has 0 aliphatic carbocycles. The van der Waals surface area contributed by atoms with E-state index in [1.165, 1.54) is 32.1 Å². The summed E-state index contributed by atoms with van der Waals surface area (Å²) in [4.78, 5) is 0. The van der Waals surface area contributed by atoms with Crippen LogP contribution in [0.4, 0.5) is 0 Å². The molecule has 0 bridgehead atoms. The number of hydrogen-bond donors (Lipinski definition) is 1. The quantitative estimate of drug-likeness (QED) is 0.659. The molecular weight excluding hydrogens is 232 g/mol. The highest BCUT2D eigenvalue weighted by atomic mass is 35.5. The Morgan fingerprint density at radius 3 is 2.41 bits per heavy atom. The lowest BCUT2D eigenvalue weighted by Gasteiger charge is -2.09. The van der Waals surface area contributed by atoms with Gasteiger partial charge in [-0.3, -0.25) is 0 Å². The third-order valence-electron chi connectivity index (χ3n) is 3.29. The summed E-state index contributed by atoms with van der Waals surface area (Å²) >= 11 is 6.15. The zero-order valence-electron chi connectivity index (χ0n) is 10.9. The molecule has 96 valence electrons. The fourth-order valence-electron chi connectivity index (χ4n) is 2.10. The van der Waals surface area contributed by atoms with E-state index in [9.17, 15) is 5.11 Å². The summed E-state index contributed by atoms with van der Waals surface area (Å²) in [6.45, 7) is 4.17. The average Bonchev–Trinajstić information content (AvgIpc) is 2.32. The first kappa shape index (κ1) is 14.4. The van der Waals surface area contributed by atoms with Crippen molar-refractivity contribution in [3.8, 4) is 5.75 Å². The van der Waals surface area contributed by atoms with Crippen molar-refractivity contribution in [3.63, 3.8) is 0 Å². The number of phenols is 1. The highest BCUT2D eigenvalue weighted by Crippen LogP contribution is 2.28. The lowest BCUT2D eigenvalue weighted by Crippen LogP contribution is -1.92. The van der Waals surface area contributed by atoms with Gasteiger partial charge in [-0.25, -0.2) is 0 Å². The van der Waals surface area contributed by atoms with Crippen LogP contribution in [0.25, 0.3) is 0 Å². The minimum Gasteiger partial charge on any atom is -0.508 e. The molecule has 0 radical (unpaired) electrons. The van der Waals surface area contributed by atoms with Crippen LogP contribution in [0.3, 0.4) is 0 Å². The Labute approximate surface area is 110 Å². The van der Waals surface area contributed by atoms with Crippen molar-refractivity contribution < 1.29 is 5.11 Å². The van der Waals surface area contributed by atoms with Crippen molar-refractivity contribution in [2.75, 3.05) is 0 Å². The molecular formula is C15H23ClO. The van der Waals surface area contributed by atoms with E-state index in [0.29, 0.717) is 5.75 Å². The number of aromatic hydroxyl groups is 1. The second-order valence-electron chi connectivity index (χ2n) is 4.69. The van der Waals surface area contributed by atoms with Crippen molar-refractivity contribution in [1.29, 1.82) is 0 Å². The Hall–Kier alpha value is -0.690. The predicted octanol–water partition coefficient (Wildman–Crippen LogP) is 5.26. The zero-order chi connectivity index (χ0) is 12.7. The Balaban J connectivity index is 2.39. The maximum atomic E-state index is 9.64. The van der Waals surface area contributed by atoms with Gasteiger partial charge in [0.25, 0.3) is 0 Å². The molecule has 17 heavy (non-hydrogen) atoms. The van der Waals surface area contributed by atoms with Gasteiger partial charge in [0.2, 0.25) is 0 Å². The fourth-order valence-corrected chi connectivity index (χ4v) is 2.40. The second-order valence-corrected chi connectivity index (χ2v) is 5.10. The van der Waals surface area contributed by atoms with E-state index in [0.717, 1.165) is 29.0 Å². The van der Waals surface area contributed by atoms with E-state index in [-0.39, 0.29) is 0 Å². The van der Waals surface area contributed by atoms with Gasteiger partial charge in [-0.2, -0.15) is 0 Å². The first-order valence-electron chi connectivity index (χ1n) is 6.63. The van der Waals surface area contributed by atoms with Gasteiger partial charge in [-0.05, 0) is 43.0 Å². The van der Waals surface area contributed by atoms with Crippen molar-refractivity contribution in [3.05, 3.63) is 28.3 Å². The third-order valence-corrected chi connectivity index (χ3v) is 3.65. The molecule has 1 aromatic rings. The molecule has 2 heteroatoms. The summed E-state index contributed by atoms with van der Waals surface area (Å²) in [5.74, 6) is 0.357. The van der Waals surface area contributed by atoms with Crippen LogP contribution in [-0.4, -0.2) is 5.11 Å². The molecule has 1 rings (SSSR count). The van der Waals surface area contributed by atoms with Crippen LogP contribution in [0, 0.1) is 6.92 Å². The standard InChI is InChI=1S/C15H23ClO/c1-3-4-5-6-7-8-9-13-12(2)15(17)11-10-14(13)16/h10-11,17H,3-9H2,1-2H3. The van der Waals surface area contributed by atoms with E-state index in [2.05, 4.69) is 6.92 Å². The van der Waals surface area contributed by atoms with Crippen LogP contribution >= 0.6 is 11.6 Å². The average molecular weight is 255 g/mol. The second kappa shape index (κ2) is 7.60. The van der Waals surface area contributed by atoms with E-state index >= 15 is 0 Å². The summed E-state index contributed by atoms with van der Waals surface area (Å²) in [6, 6.07) is 3.46. The van der Waals surface area contributed by atoms with Gasteiger partial charge < -0.3 is 5.11 Å². The van der Waals surface area contributed by atoms with Crippen LogP contribution < -0.4 is 0 Å². The summed E-state index contributed by atoms with van der Waals surface area (Å²) in [6.07, 6.45) is 8.67. The molecule has 0 unspecified atom stereocenters. The number of halogens is 1. The van der Waals surface area contributed by atoms with Crippen molar-refractivity contribution in [1.82, 2.24) is 0 Å². The number of benzene rings is 1. The third kappa shape index (κ3) is 4.59. The predicted molar refractivity (Wildman–Crippen MR) is 74.9 cm³/mol. The summed E-state index contributed by atoms with van der Waals surface area (Å²) in [7, 11) is 0. The molecule has 0 fully saturated rings. The highest BCUT2D eigenvalue weighted by molar-refractivity contribution is 6.31. The van der Waals surface area contributed by atoms with Gasteiger partial charge in [0, 0.05) is 5.02 Å². The van der Waals surface area contributed by atoms with Crippen LogP contribution in [0.1, 0.15) is 56.6 Å². The maximum absolute atomic E-state index is 9.64. The summed E-state index contributed by atoms with van der Waals surface area (Å²) in [5.41, 5.74) is 2.05. The molecule has 0 aliphatic heterocycles. The maximum Gasteiger partial charge on any atom is 0.118 e. The van der Waals surface area contributed by atoms with Crippen LogP contribution in [-0.2, 0) is 6.42 Å². The Morgan fingerprint density at radius 2 is 1.71 bits per heavy atom. The Bertz CT molecular complexity index is 347. The van der Waals surface area contributed by atoms with E-state index < -0.39 is 0 Å². The van der Waals surface area contributed by atoms with Gasteiger partial charge in [-0.1, -0.05) is 50.6 Å².